The molecule has 0 amide bonds. The van der Waals surface area contributed by atoms with Gasteiger partial charge in [0.15, 0.2) is 7.14 Å². The minimum atomic E-state index is -3.22. The van der Waals surface area contributed by atoms with Gasteiger partial charge in [-0.25, -0.2) is 0 Å². The standard InChI is InChI=1S/C19H17O3P/c20-14-15-11-12-18(21)19(13-15)23(22,16-7-3-1-4-8-16)17-9-5-2-6-10-17/h1-13,20-21H,14H2. The van der Waals surface area contributed by atoms with E-state index in [9.17, 15) is 14.8 Å². The van der Waals surface area contributed by atoms with Crippen molar-refractivity contribution < 1.29 is 14.8 Å². The van der Waals surface area contributed by atoms with Crippen molar-refractivity contribution in [2.75, 3.05) is 0 Å². The molecular formula is C19H17O3P. The monoisotopic (exact) mass is 324 g/mol. The van der Waals surface area contributed by atoms with Gasteiger partial charge in [0.2, 0.25) is 0 Å². The smallest absolute Gasteiger partial charge is 0.174 e. The molecule has 0 spiro atoms. The maximum absolute atomic E-state index is 14.1. The predicted octanol–water partition coefficient (Wildman–Crippen LogP) is 2.52. The minimum absolute atomic E-state index is 0.0294. The molecule has 0 aliphatic rings. The van der Waals surface area contributed by atoms with Crippen LogP contribution >= 0.6 is 7.14 Å². The topological polar surface area (TPSA) is 57.5 Å². The van der Waals surface area contributed by atoms with E-state index in [0.717, 1.165) is 0 Å². The van der Waals surface area contributed by atoms with E-state index in [0.29, 0.717) is 21.5 Å². The molecule has 0 saturated heterocycles. The van der Waals surface area contributed by atoms with Crippen LogP contribution in [-0.2, 0) is 11.2 Å². The fraction of sp³-hybridized carbons (Fsp3) is 0.0526. The van der Waals surface area contributed by atoms with E-state index in [2.05, 4.69) is 0 Å². The summed E-state index contributed by atoms with van der Waals surface area (Å²) in [6.45, 7) is -0.170. The second-order valence-corrected chi connectivity index (χ2v) is 7.99. The first-order valence-electron chi connectivity index (χ1n) is 7.31. The summed E-state index contributed by atoms with van der Waals surface area (Å²) >= 11 is 0. The first-order chi connectivity index (χ1) is 11.2. The molecule has 3 rings (SSSR count). The van der Waals surface area contributed by atoms with Crippen molar-refractivity contribution in [2.24, 2.45) is 0 Å². The summed E-state index contributed by atoms with van der Waals surface area (Å²) in [6, 6.07) is 23.0. The van der Waals surface area contributed by atoms with E-state index in [1.165, 1.54) is 6.07 Å². The zero-order valence-corrected chi connectivity index (χ0v) is 13.4. The molecular weight excluding hydrogens is 307 g/mol. The van der Waals surface area contributed by atoms with Crippen LogP contribution in [0.3, 0.4) is 0 Å². The number of aromatic hydroxyl groups is 1. The highest BCUT2D eigenvalue weighted by Gasteiger charge is 2.32. The Bertz CT molecular complexity index is 802. The van der Waals surface area contributed by atoms with Gasteiger partial charge < -0.3 is 14.8 Å². The Balaban J connectivity index is 2.32. The van der Waals surface area contributed by atoms with Crippen LogP contribution < -0.4 is 15.9 Å². The van der Waals surface area contributed by atoms with Crippen LogP contribution in [-0.4, -0.2) is 10.2 Å². The van der Waals surface area contributed by atoms with Crippen LogP contribution in [0.5, 0.6) is 5.75 Å². The molecule has 0 atom stereocenters. The number of rotatable bonds is 4. The molecule has 3 nitrogen and oxygen atoms in total. The number of aliphatic hydroxyl groups is 1. The van der Waals surface area contributed by atoms with Gasteiger partial charge in [-0.05, 0) is 17.7 Å². The van der Waals surface area contributed by atoms with Crippen LogP contribution in [0, 0.1) is 0 Å². The molecule has 4 heteroatoms. The fourth-order valence-corrected chi connectivity index (χ4v) is 5.41. The van der Waals surface area contributed by atoms with Gasteiger partial charge in [0, 0.05) is 10.6 Å². The van der Waals surface area contributed by atoms with Crippen molar-refractivity contribution in [2.45, 2.75) is 6.61 Å². The molecule has 0 unspecified atom stereocenters. The van der Waals surface area contributed by atoms with Crippen LogP contribution in [0.25, 0.3) is 0 Å². The molecule has 3 aromatic carbocycles. The fourth-order valence-electron chi connectivity index (χ4n) is 2.62. The van der Waals surface area contributed by atoms with Crippen molar-refractivity contribution in [3.05, 3.63) is 84.4 Å². The number of phenolic OH excluding ortho intramolecular Hbond substituents is 1. The van der Waals surface area contributed by atoms with Gasteiger partial charge in [0.25, 0.3) is 0 Å². The largest absolute Gasteiger partial charge is 0.507 e. The van der Waals surface area contributed by atoms with E-state index in [1.54, 1.807) is 36.4 Å². The van der Waals surface area contributed by atoms with Crippen LogP contribution in [0.15, 0.2) is 78.9 Å². The van der Waals surface area contributed by atoms with Crippen molar-refractivity contribution in [1.29, 1.82) is 0 Å². The summed E-state index contributed by atoms with van der Waals surface area (Å²) in [6.07, 6.45) is 0. The number of aliphatic hydroxyl groups excluding tert-OH is 1. The Kier molecular flexibility index (Phi) is 4.33. The molecule has 0 saturated carbocycles. The Morgan fingerprint density at radius 2 is 1.30 bits per heavy atom. The summed E-state index contributed by atoms with van der Waals surface area (Å²) < 4.78 is 14.1. The molecule has 0 radical (unpaired) electrons. The summed E-state index contributed by atoms with van der Waals surface area (Å²) in [7, 11) is -3.22. The maximum atomic E-state index is 14.1. The molecule has 0 fully saturated rings. The normalized spacial score (nSPS) is 11.3. The van der Waals surface area contributed by atoms with E-state index < -0.39 is 7.14 Å². The van der Waals surface area contributed by atoms with Gasteiger partial charge in [-0.3, -0.25) is 0 Å². The molecule has 0 bridgehead atoms. The maximum Gasteiger partial charge on any atom is 0.174 e. The number of hydrogen-bond acceptors (Lipinski definition) is 3. The molecule has 3 aromatic rings. The zero-order chi connectivity index (χ0) is 16.3. The SMILES string of the molecule is O=P(c1ccccc1)(c1ccccc1)c1cc(CO)ccc1O. The van der Waals surface area contributed by atoms with Gasteiger partial charge in [0.05, 0.1) is 11.9 Å². The van der Waals surface area contributed by atoms with Gasteiger partial charge in [0.1, 0.15) is 5.75 Å². The lowest BCUT2D eigenvalue weighted by molar-refractivity contribution is 0.282. The van der Waals surface area contributed by atoms with E-state index in [-0.39, 0.29) is 12.4 Å². The Morgan fingerprint density at radius 3 is 1.78 bits per heavy atom. The van der Waals surface area contributed by atoms with E-state index in [1.807, 2.05) is 36.4 Å². The van der Waals surface area contributed by atoms with E-state index >= 15 is 0 Å². The highest BCUT2D eigenvalue weighted by atomic mass is 31.2. The third-order valence-corrected chi connectivity index (χ3v) is 6.89. The summed E-state index contributed by atoms with van der Waals surface area (Å²) in [5.74, 6) is -0.0294. The molecule has 0 heterocycles. The van der Waals surface area contributed by atoms with Crippen LogP contribution in [0.4, 0.5) is 0 Å². The summed E-state index contributed by atoms with van der Waals surface area (Å²) in [5.41, 5.74) is 0.616. The lowest BCUT2D eigenvalue weighted by atomic mass is 10.2. The third kappa shape index (κ3) is 2.81. The second kappa shape index (κ2) is 6.41. The van der Waals surface area contributed by atoms with Gasteiger partial charge in [-0.15, -0.1) is 0 Å². The average molecular weight is 324 g/mol. The lowest BCUT2D eigenvalue weighted by Crippen LogP contribution is -2.25. The molecule has 0 aromatic heterocycles. The number of benzene rings is 3. The predicted molar refractivity (Wildman–Crippen MR) is 93.4 cm³/mol. The van der Waals surface area contributed by atoms with Crippen molar-refractivity contribution >= 4 is 23.1 Å². The first kappa shape index (κ1) is 15.5. The Morgan fingerprint density at radius 1 is 0.783 bits per heavy atom. The highest BCUT2D eigenvalue weighted by Crippen LogP contribution is 2.44. The molecule has 2 N–H and O–H groups in total. The van der Waals surface area contributed by atoms with Gasteiger partial charge in [-0.1, -0.05) is 66.7 Å². The first-order valence-corrected chi connectivity index (χ1v) is 9.01. The Hall–Kier alpha value is -2.35. The summed E-state index contributed by atoms with van der Waals surface area (Å²) in [4.78, 5) is 0. The van der Waals surface area contributed by atoms with Crippen molar-refractivity contribution in [3.63, 3.8) is 0 Å². The zero-order valence-electron chi connectivity index (χ0n) is 12.5. The second-order valence-electron chi connectivity index (χ2n) is 5.26. The third-order valence-electron chi connectivity index (χ3n) is 3.80. The number of hydrogen-bond donors (Lipinski definition) is 2. The van der Waals surface area contributed by atoms with E-state index in [4.69, 9.17) is 0 Å². The average Bonchev–Trinajstić information content (AvgIpc) is 2.63. The highest BCUT2D eigenvalue weighted by molar-refractivity contribution is 7.85. The molecule has 23 heavy (non-hydrogen) atoms. The quantitative estimate of drug-likeness (QED) is 0.725. The van der Waals surface area contributed by atoms with Gasteiger partial charge in [-0.2, -0.15) is 0 Å². The van der Waals surface area contributed by atoms with Crippen molar-refractivity contribution in [3.8, 4) is 5.75 Å². The lowest BCUT2D eigenvalue weighted by Gasteiger charge is -2.21. The van der Waals surface area contributed by atoms with Crippen LogP contribution in [0.2, 0.25) is 0 Å². The van der Waals surface area contributed by atoms with Gasteiger partial charge >= 0.3 is 0 Å². The molecule has 0 aliphatic carbocycles. The van der Waals surface area contributed by atoms with Crippen LogP contribution in [0.1, 0.15) is 5.56 Å². The Labute approximate surface area is 135 Å². The molecule has 0 aliphatic heterocycles. The summed E-state index contributed by atoms with van der Waals surface area (Å²) in [5, 5.41) is 21.4. The van der Waals surface area contributed by atoms with Crippen molar-refractivity contribution in [1.82, 2.24) is 0 Å². The number of phenols is 1. The molecule has 116 valence electrons. The minimum Gasteiger partial charge on any atom is -0.507 e.